The van der Waals surface area contributed by atoms with Crippen molar-refractivity contribution in [3.05, 3.63) is 83.2 Å². The normalized spacial score (nSPS) is 10.7. The zero-order valence-electron chi connectivity index (χ0n) is 18.2. The molecule has 0 unspecified atom stereocenters. The quantitative estimate of drug-likeness (QED) is 0.516. The Morgan fingerprint density at radius 1 is 1.00 bits per heavy atom. The molecule has 3 amide bonds. The van der Waals surface area contributed by atoms with Gasteiger partial charge in [0.15, 0.2) is 0 Å². The van der Waals surface area contributed by atoms with E-state index >= 15 is 0 Å². The van der Waals surface area contributed by atoms with E-state index in [0.717, 1.165) is 16.8 Å². The Bertz CT molecular complexity index is 1010. The van der Waals surface area contributed by atoms with E-state index in [1.807, 2.05) is 80.1 Å². The molecular formula is C24H29N5O2. The van der Waals surface area contributed by atoms with Crippen molar-refractivity contribution in [3.8, 4) is 0 Å². The fourth-order valence-electron chi connectivity index (χ4n) is 3.28. The van der Waals surface area contributed by atoms with Gasteiger partial charge in [0, 0.05) is 18.3 Å². The lowest BCUT2D eigenvalue weighted by Gasteiger charge is -2.11. The summed E-state index contributed by atoms with van der Waals surface area (Å²) in [6.45, 7) is 6.86. The average Bonchev–Trinajstić information content (AvgIpc) is 3.15. The zero-order valence-corrected chi connectivity index (χ0v) is 18.2. The Balaban J connectivity index is 1.59. The number of rotatable bonds is 8. The van der Waals surface area contributed by atoms with Crippen LogP contribution in [0, 0.1) is 0 Å². The fraction of sp³-hybridized carbons (Fsp3) is 0.292. The van der Waals surface area contributed by atoms with Gasteiger partial charge in [-0.3, -0.25) is 9.48 Å². The Morgan fingerprint density at radius 3 is 2.35 bits per heavy atom. The molecule has 31 heavy (non-hydrogen) atoms. The van der Waals surface area contributed by atoms with Gasteiger partial charge >= 0.3 is 6.03 Å². The predicted molar refractivity (Wildman–Crippen MR) is 122 cm³/mol. The second kappa shape index (κ2) is 10.4. The molecule has 0 fully saturated rings. The first-order valence-electron chi connectivity index (χ1n) is 10.5. The van der Waals surface area contributed by atoms with E-state index in [-0.39, 0.29) is 18.0 Å². The van der Waals surface area contributed by atoms with Crippen LogP contribution in [0.5, 0.6) is 0 Å². The van der Waals surface area contributed by atoms with E-state index in [9.17, 15) is 9.59 Å². The van der Waals surface area contributed by atoms with Gasteiger partial charge < -0.3 is 16.0 Å². The van der Waals surface area contributed by atoms with Crippen molar-refractivity contribution in [1.29, 1.82) is 0 Å². The Kier molecular flexibility index (Phi) is 7.43. The van der Waals surface area contributed by atoms with E-state index in [4.69, 9.17) is 0 Å². The first-order valence-corrected chi connectivity index (χ1v) is 10.5. The second-order valence-electron chi connectivity index (χ2n) is 7.63. The highest BCUT2D eigenvalue weighted by Crippen LogP contribution is 2.14. The van der Waals surface area contributed by atoms with E-state index in [1.54, 1.807) is 6.20 Å². The van der Waals surface area contributed by atoms with Crippen molar-refractivity contribution in [2.75, 3.05) is 5.32 Å². The minimum absolute atomic E-state index is 0.0690. The number of hydrogen-bond acceptors (Lipinski definition) is 3. The fourth-order valence-corrected chi connectivity index (χ4v) is 3.28. The third-order valence-corrected chi connectivity index (χ3v) is 4.79. The molecule has 0 radical (unpaired) electrons. The Labute approximate surface area is 182 Å². The number of carbonyl (C=O) groups is 2. The predicted octanol–water partition coefficient (Wildman–Crippen LogP) is 3.95. The molecule has 0 atom stereocenters. The molecule has 0 aliphatic carbocycles. The van der Waals surface area contributed by atoms with Crippen LogP contribution >= 0.6 is 0 Å². The molecule has 162 valence electrons. The Morgan fingerprint density at radius 2 is 1.71 bits per heavy atom. The van der Waals surface area contributed by atoms with Gasteiger partial charge in [-0.15, -0.1) is 0 Å². The molecule has 0 aliphatic heterocycles. The number of urea groups is 1. The van der Waals surface area contributed by atoms with Crippen molar-refractivity contribution in [2.45, 2.75) is 46.3 Å². The minimum Gasteiger partial charge on any atom is -0.348 e. The van der Waals surface area contributed by atoms with E-state index in [1.165, 1.54) is 0 Å². The van der Waals surface area contributed by atoms with Crippen molar-refractivity contribution >= 4 is 17.6 Å². The first kappa shape index (κ1) is 22.1. The highest BCUT2D eigenvalue weighted by molar-refractivity contribution is 5.95. The van der Waals surface area contributed by atoms with Crippen LogP contribution in [0.1, 0.15) is 48.0 Å². The summed E-state index contributed by atoms with van der Waals surface area (Å²) in [5.41, 5.74) is 4.30. The number of anilines is 1. The average molecular weight is 420 g/mol. The maximum atomic E-state index is 12.7. The molecule has 0 bridgehead atoms. The van der Waals surface area contributed by atoms with Crippen LogP contribution < -0.4 is 16.0 Å². The lowest BCUT2D eigenvalue weighted by molar-refractivity contribution is 0.0950. The van der Waals surface area contributed by atoms with Crippen molar-refractivity contribution in [3.63, 3.8) is 0 Å². The lowest BCUT2D eigenvalue weighted by atomic mass is 10.1. The summed E-state index contributed by atoms with van der Waals surface area (Å²) in [6, 6.07) is 17.3. The van der Waals surface area contributed by atoms with Crippen molar-refractivity contribution < 1.29 is 9.59 Å². The van der Waals surface area contributed by atoms with Crippen LogP contribution in [0.3, 0.4) is 0 Å². The maximum absolute atomic E-state index is 12.7. The van der Waals surface area contributed by atoms with Gasteiger partial charge in [0.2, 0.25) is 0 Å². The van der Waals surface area contributed by atoms with Crippen LogP contribution in [-0.2, 0) is 19.5 Å². The second-order valence-corrected chi connectivity index (χ2v) is 7.63. The van der Waals surface area contributed by atoms with Crippen molar-refractivity contribution in [2.24, 2.45) is 0 Å². The molecule has 3 rings (SSSR count). The number of nitrogens with zero attached hydrogens (tertiary/aromatic N) is 2. The molecule has 1 heterocycles. The molecule has 7 nitrogen and oxygen atoms in total. The van der Waals surface area contributed by atoms with Gasteiger partial charge in [0.1, 0.15) is 0 Å². The number of benzene rings is 2. The molecular weight excluding hydrogens is 390 g/mol. The molecule has 0 spiro atoms. The summed E-state index contributed by atoms with van der Waals surface area (Å²) in [4.78, 5) is 24.5. The van der Waals surface area contributed by atoms with Gasteiger partial charge in [0.25, 0.3) is 5.91 Å². The van der Waals surface area contributed by atoms with E-state index in [0.29, 0.717) is 30.8 Å². The van der Waals surface area contributed by atoms with Gasteiger partial charge in [-0.2, -0.15) is 5.10 Å². The largest absolute Gasteiger partial charge is 0.348 e. The third-order valence-electron chi connectivity index (χ3n) is 4.79. The van der Waals surface area contributed by atoms with Crippen LogP contribution in [0.2, 0.25) is 0 Å². The first-order chi connectivity index (χ1) is 15.0. The SMILES string of the molecule is CCc1c(C(=O)NCc2ccc(NC(=O)NC(C)C)cc2)cnn1Cc1ccccc1. The van der Waals surface area contributed by atoms with Gasteiger partial charge in [-0.25, -0.2) is 4.79 Å². The van der Waals surface area contributed by atoms with Gasteiger partial charge in [-0.1, -0.05) is 49.4 Å². The number of hydrogen-bond donors (Lipinski definition) is 3. The maximum Gasteiger partial charge on any atom is 0.319 e. The number of aromatic nitrogens is 2. The number of amides is 3. The smallest absolute Gasteiger partial charge is 0.319 e. The number of carbonyl (C=O) groups excluding carboxylic acids is 2. The van der Waals surface area contributed by atoms with E-state index < -0.39 is 0 Å². The minimum atomic E-state index is -0.240. The molecule has 0 saturated carbocycles. The summed E-state index contributed by atoms with van der Waals surface area (Å²) in [7, 11) is 0. The van der Waals surface area contributed by atoms with Crippen LogP contribution in [0.15, 0.2) is 60.8 Å². The molecule has 3 aromatic rings. The van der Waals surface area contributed by atoms with Gasteiger partial charge in [-0.05, 0) is 43.5 Å². The summed E-state index contributed by atoms with van der Waals surface area (Å²) in [5.74, 6) is -0.144. The van der Waals surface area contributed by atoms with Crippen LogP contribution in [-0.4, -0.2) is 27.8 Å². The summed E-state index contributed by atoms with van der Waals surface area (Å²) < 4.78 is 1.88. The molecule has 0 aliphatic rings. The van der Waals surface area contributed by atoms with Crippen molar-refractivity contribution in [1.82, 2.24) is 20.4 Å². The summed E-state index contributed by atoms with van der Waals surface area (Å²) >= 11 is 0. The highest BCUT2D eigenvalue weighted by atomic mass is 16.2. The third kappa shape index (κ3) is 6.18. The number of nitrogens with one attached hydrogen (secondary N) is 3. The van der Waals surface area contributed by atoms with E-state index in [2.05, 4.69) is 21.0 Å². The molecule has 1 aromatic heterocycles. The molecule has 0 saturated heterocycles. The zero-order chi connectivity index (χ0) is 22.2. The molecule has 2 aromatic carbocycles. The van der Waals surface area contributed by atoms with Crippen LogP contribution in [0.25, 0.3) is 0 Å². The topological polar surface area (TPSA) is 88.1 Å². The summed E-state index contributed by atoms with van der Waals surface area (Å²) in [6.07, 6.45) is 2.35. The lowest BCUT2D eigenvalue weighted by Crippen LogP contribution is -2.34. The summed E-state index contributed by atoms with van der Waals surface area (Å²) in [5, 5.41) is 12.9. The Hall–Kier alpha value is -3.61. The van der Waals surface area contributed by atoms with Crippen LogP contribution in [0.4, 0.5) is 10.5 Å². The standard InChI is InChI=1S/C24H29N5O2/c1-4-22-21(15-26-29(22)16-19-8-6-5-7-9-19)23(30)25-14-18-10-12-20(13-11-18)28-24(31)27-17(2)3/h5-13,15,17H,4,14,16H2,1-3H3,(H,25,30)(H2,27,28,31). The van der Waals surface area contributed by atoms with Gasteiger partial charge in [0.05, 0.1) is 24.0 Å². The molecule has 7 heteroatoms. The highest BCUT2D eigenvalue weighted by Gasteiger charge is 2.16. The molecule has 3 N–H and O–H groups in total. The monoisotopic (exact) mass is 419 g/mol.